The Morgan fingerprint density at radius 1 is 1.15 bits per heavy atom. The zero-order chi connectivity index (χ0) is 18.0. The summed E-state index contributed by atoms with van der Waals surface area (Å²) in [6.45, 7) is 2.73. The van der Waals surface area contributed by atoms with E-state index < -0.39 is 10.0 Å². The monoisotopic (exact) mass is 370 g/mol. The number of nitrogens with one attached hydrogen (secondary N) is 2. The molecule has 6 nitrogen and oxygen atoms in total. The number of sulfonamides is 1. The number of rotatable bonds is 6. The lowest BCUT2D eigenvalue weighted by atomic mass is 10.0. The number of hydrogen-bond donors (Lipinski definition) is 2. The Bertz CT molecular complexity index is 998. The van der Waals surface area contributed by atoms with Crippen molar-refractivity contribution in [2.24, 2.45) is 0 Å². The first-order chi connectivity index (χ1) is 12.6. The van der Waals surface area contributed by atoms with Crippen LogP contribution >= 0.6 is 0 Å². The summed E-state index contributed by atoms with van der Waals surface area (Å²) in [5.41, 5.74) is 2.91. The Kier molecular flexibility index (Phi) is 4.76. The molecule has 0 saturated heterocycles. The van der Waals surface area contributed by atoms with Gasteiger partial charge in [-0.2, -0.15) is 5.10 Å². The van der Waals surface area contributed by atoms with Crippen LogP contribution in [0.1, 0.15) is 17.0 Å². The fourth-order valence-corrected chi connectivity index (χ4v) is 4.35. The van der Waals surface area contributed by atoms with Crippen LogP contribution in [0.15, 0.2) is 48.5 Å². The molecule has 2 N–H and O–H groups in total. The van der Waals surface area contributed by atoms with Crippen molar-refractivity contribution in [1.29, 1.82) is 0 Å². The van der Waals surface area contributed by atoms with Crippen molar-refractivity contribution in [2.45, 2.75) is 26.1 Å². The standard InChI is InChI=1S/C19H22N4O2S/c24-26(25,21-13-17-12-18-14-20-9-10-23(18)22-17)11-8-16-6-3-5-15-4-1-2-7-19(15)16/h1-7,12,20-21H,8-11,13-14H2. The van der Waals surface area contributed by atoms with E-state index in [1.165, 1.54) is 0 Å². The van der Waals surface area contributed by atoms with Crippen molar-refractivity contribution < 1.29 is 8.42 Å². The fourth-order valence-electron chi connectivity index (χ4n) is 3.35. The molecule has 0 amide bonds. The Morgan fingerprint density at radius 2 is 2.00 bits per heavy atom. The van der Waals surface area contributed by atoms with Gasteiger partial charge in [0.1, 0.15) is 0 Å². The average molecular weight is 370 g/mol. The average Bonchev–Trinajstić information content (AvgIpc) is 3.08. The summed E-state index contributed by atoms with van der Waals surface area (Å²) in [5.74, 6) is 0.0656. The van der Waals surface area contributed by atoms with E-state index in [2.05, 4.69) is 15.1 Å². The predicted molar refractivity (Wildman–Crippen MR) is 102 cm³/mol. The van der Waals surface area contributed by atoms with Gasteiger partial charge in [-0.1, -0.05) is 42.5 Å². The molecule has 3 aromatic rings. The first-order valence-electron chi connectivity index (χ1n) is 8.81. The smallest absolute Gasteiger partial charge is 0.212 e. The van der Waals surface area contributed by atoms with Crippen molar-refractivity contribution in [3.8, 4) is 0 Å². The lowest BCUT2D eigenvalue weighted by Crippen LogP contribution is -2.28. The van der Waals surface area contributed by atoms with Crippen LogP contribution in [-0.4, -0.2) is 30.5 Å². The quantitative estimate of drug-likeness (QED) is 0.694. The van der Waals surface area contributed by atoms with Gasteiger partial charge >= 0.3 is 0 Å². The zero-order valence-corrected chi connectivity index (χ0v) is 15.3. The van der Waals surface area contributed by atoms with E-state index in [4.69, 9.17) is 0 Å². The Morgan fingerprint density at radius 3 is 2.88 bits per heavy atom. The third-order valence-electron chi connectivity index (χ3n) is 4.71. The summed E-state index contributed by atoms with van der Waals surface area (Å²) >= 11 is 0. The first-order valence-corrected chi connectivity index (χ1v) is 10.5. The summed E-state index contributed by atoms with van der Waals surface area (Å²) in [6.07, 6.45) is 0.486. The van der Waals surface area contributed by atoms with Crippen LogP contribution in [0.25, 0.3) is 10.8 Å². The van der Waals surface area contributed by atoms with Gasteiger partial charge in [0.25, 0.3) is 0 Å². The Balaban J connectivity index is 1.40. The summed E-state index contributed by atoms with van der Waals surface area (Å²) < 4.78 is 29.4. The molecule has 0 aliphatic carbocycles. The minimum absolute atomic E-state index is 0.0656. The van der Waals surface area contributed by atoms with Crippen LogP contribution < -0.4 is 10.0 Å². The minimum Gasteiger partial charge on any atom is -0.309 e. The molecule has 7 heteroatoms. The number of hydrogen-bond acceptors (Lipinski definition) is 4. The lowest BCUT2D eigenvalue weighted by molar-refractivity contribution is 0.473. The molecule has 1 aliphatic heterocycles. The molecule has 0 saturated carbocycles. The molecule has 1 aliphatic rings. The van der Waals surface area contributed by atoms with Crippen molar-refractivity contribution in [3.05, 3.63) is 65.5 Å². The number of fused-ring (bicyclic) bond motifs is 2. The third kappa shape index (κ3) is 3.80. The van der Waals surface area contributed by atoms with Gasteiger partial charge in [0.15, 0.2) is 0 Å². The Labute approximate surface area is 153 Å². The first kappa shape index (κ1) is 17.2. The van der Waals surface area contributed by atoms with E-state index in [0.717, 1.165) is 47.4 Å². The van der Waals surface area contributed by atoms with Gasteiger partial charge in [0.2, 0.25) is 10.0 Å². The van der Waals surface area contributed by atoms with Gasteiger partial charge in [0, 0.05) is 13.1 Å². The highest BCUT2D eigenvalue weighted by molar-refractivity contribution is 7.89. The van der Waals surface area contributed by atoms with E-state index in [9.17, 15) is 8.42 Å². The van der Waals surface area contributed by atoms with Crippen molar-refractivity contribution in [1.82, 2.24) is 19.8 Å². The van der Waals surface area contributed by atoms with Gasteiger partial charge in [-0.05, 0) is 28.8 Å². The third-order valence-corrected chi connectivity index (χ3v) is 6.04. The summed E-state index contributed by atoms with van der Waals surface area (Å²) in [4.78, 5) is 0. The zero-order valence-electron chi connectivity index (χ0n) is 14.5. The van der Waals surface area contributed by atoms with Crippen LogP contribution in [-0.2, 0) is 36.1 Å². The number of benzene rings is 2. The van der Waals surface area contributed by atoms with Crippen LogP contribution in [0.3, 0.4) is 0 Å². The molecule has 0 unspecified atom stereocenters. The number of nitrogens with zero attached hydrogens (tertiary/aromatic N) is 2. The van der Waals surface area contributed by atoms with E-state index in [0.29, 0.717) is 6.42 Å². The van der Waals surface area contributed by atoms with Crippen molar-refractivity contribution >= 4 is 20.8 Å². The van der Waals surface area contributed by atoms with E-state index >= 15 is 0 Å². The molecule has 4 rings (SSSR count). The lowest BCUT2D eigenvalue weighted by Gasteiger charge is -2.13. The predicted octanol–water partition coefficient (Wildman–Crippen LogP) is 1.80. The SMILES string of the molecule is O=S(=O)(CCc1cccc2ccccc12)NCc1cc2n(n1)CCNC2. The molecule has 0 radical (unpaired) electrons. The molecule has 2 aromatic carbocycles. The normalized spacial score (nSPS) is 14.5. The van der Waals surface area contributed by atoms with E-state index in [1.807, 2.05) is 53.2 Å². The molecule has 0 atom stereocenters. The summed E-state index contributed by atoms with van der Waals surface area (Å²) in [7, 11) is -3.36. The van der Waals surface area contributed by atoms with Crippen LogP contribution in [0.2, 0.25) is 0 Å². The maximum Gasteiger partial charge on any atom is 0.212 e. The molecule has 136 valence electrons. The molecule has 1 aromatic heterocycles. The topological polar surface area (TPSA) is 76.0 Å². The second-order valence-electron chi connectivity index (χ2n) is 6.56. The highest BCUT2D eigenvalue weighted by Crippen LogP contribution is 2.19. The van der Waals surface area contributed by atoms with Crippen LogP contribution in [0.5, 0.6) is 0 Å². The molecule has 0 spiro atoms. The molecule has 2 heterocycles. The van der Waals surface area contributed by atoms with Crippen molar-refractivity contribution in [2.75, 3.05) is 12.3 Å². The van der Waals surface area contributed by atoms with Crippen LogP contribution in [0.4, 0.5) is 0 Å². The van der Waals surface area contributed by atoms with Gasteiger partial charge in [-0.15, -0.1) is 0 Å². The fraction of sp³-hybridized carbons (Fsp3) is 0.316. The maximum atomic E-state index is 12.4. The van der Waals surface area contributed by atoms with Crippen LogP contribution in [0, 0.1) is 0 Å². The van der Waals surface area contributed by atoms with Gasteiger partial charge in [0.05, 0.1) is 30.2 Å². The summed E-state index contributed by atoms with van der Waals surface area (Å²) in [6, 6.07) is 16.0. The number of aryl methyl sites for hydroxylation is 1. The highest BCUT2D eigenvalue weighted by Gasteiger charge is 2.15. The molecule has 0 bridgehead atoms. The largest absolute Gasteiger partial charge is 0.309 e. The molecular formula is C19H22N4O2S. The van der Waals surface area contributed by atoms with Gasteiger partial charge in [-0.3, -0.25) is 4.68 Å². The summed E-state index contributed by atoms with van der Waals surface area (Å²) in [5, 5.41) is 9.99. The number of aromatic nitrogens is 2. The van der Waals surface area contributed by atoms with Gasteiger partial charge < -0.3 is 5.32 Å². The molecule has 26 heavy (non-hydrogen) atoms. The molecular weight excluding hydrogens is 348 g/mol. The maximum absolute atomic E-state index is 12.4. The van der Waals surface area contributed by atoms with Gasteiger partial charge in [-0.25, -0.2) is 13.1 Å². The van der Waals surface area contributed by atoms with Crippen molar-refractivity contribution in [3.63, 3.8) is 0 Å². The second-order valence-corrected chi connectivity index (χ2v) is 8.48. The Hall–Kier alpha value is -2.22. The van der Waals surface area contributed by atoms with E-state index in [-0.39, 0.29) is 12.3 Å². The highest BCUT2D eigenvalue weighted by atomic mass is 32.2. The second kappa shape index (κ2) is 7.19. The van der Waals surface area contributed by atoms with E-state index in [1.54, 1.807) is 0 Å². The minimum atomic E-state index is -3.36. The molecule has 0 fully saturated rings.